The highest BCUT2D eigenvalue weighted by molar-refractivity contribution is 5.71. The Labute approximate surface area is 117 Å². The van der Waals surface area contributed by atoms with E-state index >= 15 is 0 Å². The van der Waals surface area contributed by atoms with Crippen molar-refractivity contribution in [3.8, 4) is 0 Å². The Morgan fingerprint density at radius 2 is 2.25 bits per heavy atom. The number of ether oxygens (including phenoxy) is 1. The summed E-state index contributed by atoms with van der Waals surface area (Å²) in [6, 6.07) is 0. The van der Waals surface area contributed by atoms with E-state index in [1.54, 1.807) is 0 Å². The molecule has 1 aromatic heterocycles. The maximum absolute atomic E-state index is 11.3. The van der Waals surface area contributed by atoms with E-state index in [-0.39, 0.29) is 11.8 Å². The largest absolute Gasteiger partial charge is 0.481 e. The lowest BCUT2D eigenvalue weighted by Gasteiger charge is -2.18. The van der Waals surface area contributed by atoms with Crippen molar-refractivity contribution < 1.29 is 19.2 Å². The van der Waals surface area contributed by atoms with Crippen LogP contribution in [0.5, 0.6) is 0 Å². The minimum Gasteiger partial charge on any atom is -0.481 e. The first-order chi connectivity index (χ1) is 9.65. The zero-order valence-electron chi connectivity index (χ0n) is 11.6. The lowest BCUT2D eigenvalue weighted by molar-refractivity contribution is -0.142. The van der Waals surface area contributed by atoms with Gasteiger partial charge in [-0.05, 0) is 31.6 Å². The number of carboxylic acid groups (broad SMARTS) is 1. The predicted octanol–water partition coefficient (Wildman–Crippen LogP) is 2.18. The van der Waals surface area contributed by atoms with Crippen LogP contribution in [0.15, 0.2) is 4.52 Å². The molecule has 2 fully saturated rings. The van der Waals surface area contributed by atoms with Crippen LogP contribution in [0.3, 0.4) is 0 Å². The van der Waals surface area contributed by atoms with Gasteiger partial charge in [-0.1, -0.05) is 12.1 Å². The van der Waals surface area contributed by atoms with Crippen molar-refractivity contribution in [1.29, 1.82) is 0 Å². The molecule has 6 heteroatoms. The van der Waals surface area contributed by atoms with Gasteiger partial charge in [0.2, 0.25) is 5.89 Å². The van der Waals surface area contributed by atoms with E-state index in [0.29, 0.717) is 30.7 Å². The van der Waals surface area contributed by atoms with Gasteiger partial charge in [-0.25, -0.2) is 0 Å². The third kappa shape index (κ3) is 2.57. The average molecular weight is 280 g/mol. The smallest absolute Gasteiger partial charge is 0.307 e. The molecule has 110 valence electrons. The molecule has 0 amide bonds. The summed E-state index contributed by atoms with van der Waals surface area (Å²) in [6.07, 6.45) is 3.50. The number of aromatic nitrogens is 2. The van der Waals surface area contributed by atoms with E-state index in [9.17, 15) is 9.90 Å². The summed E-state index contributed by atoms with van der Waals surface area (Å²) in [7, 11) is 0. The van der Waals surface area contributed by atoms with E-state index < -0.39 is 11.9 Å². The van der Waals surface area contributed by atoms with E-state index in [2.05, 4.69) is 17.1 Å². The number of hydrogen-bond donors (Lipinski definition) is 1. The molecule has 2 heterocycles. The molecule has 1 saturated heterocycles. The minimum absolute atomic E-state index is 0.145. The molecule has 0 radical (unpaired) electrons. The van der Waals surface area contributed by atoms with Crippen molar-refractivity contribution in [3.63, 3.8) is 0 Å². The SMILES string of the molecule is CC1CC(C(=O)O)C(c2nc(C3CCCOC3)no2)C1. The second kappa shape index (κ2) is 5.52. The number of nitrogens with zero attached hydrogens (tertiary/aromatic N) is 2. The van der Waals surface area contributed by atoms with Crippen molar-refractivity contribution in [3.05, 3.63) is 11.7 Å². The predicted molar refractivity (Wildman–Crippen MR) is 69.4 cm³/mol. The molecule has 1 aliphatic carbocycles. The van der Waals surface area contributed by atoms with E-state index in [4.69, 9.17) is 9.26 Å². The highest BCUT2D eigenvalue weighted by atomic mass is 16.5. The van der Waals surface area contributed by atoms with Gasteiger partial charge in [0.15, 0.2) is 5.82 Å². The first-order valence-corrected chi connectivity index (χ1v) is 7.29. The van der Waals surface area contributed by atoms with Gasteiger partial charge in [-0.3, -0.25) is 4.79 Å². The van der Waals surface area contributed by atoms with Crippen molar-refractivity contribution in [1.82, 2.24) is 10.1 Å². The lowest BCUT2D eigenvalue weighted by Crippen LogP contribution is -2.18. The zero-order chi connectivity index (χ0) is 14.1. The molecule has 0 aromatic carbocycles. The fourth-order valence-electron chi connectivity index (χ4n) is 3.35. The maximum atomic E-state index is 11.3. The number of hydrogen-bond acceptors (Lipinski definition) is 5. The van der Waals surface area contributed by atoms with E-state index in [1.807, 2.05) is 0 Å². The Hall–Kier alpha value is -1.43. The van der Waals surface area contributed by atoms with Gasteiger partial charge in [-0.2, -0.15) is 4.98 Å². The summed E-state index contributed by atoms with van der Waals surface area (Å²) in [5.74, 6) is 0.415. The van der Waals surface area contributed by atoms with Gasteiger partial charge in [0.25, 0.3) is 0 Å². The maximum Gasteiger partial charge on any atom is 0.307 e. The molecular formula is C14H20N2O4. The Bertz CT molecular complexity index is 481. The van der Waals surface area contributed by atoms with Gasteiger partial charge in [0.05, 0.1) is 18.4 Å². The number of aliphatic carboxylic acids is 1. The van der Waals surface area contributed by atoms with Crippen molar-refractivity contribution >= 4 is 5.97 Å². The van der Waals surface area contributed by atoms with Gasteiger partial charge in [0, 0.05) is 12.5 Å². The topological polar surface area (TPSA) is 85.5 Å². The second-order valence-corrected chi connectivity index (χ2v) is 6.03. The fraction of sp³-hybridized carbons (Fsp3) is 0.786. The van der Waals surface area contributed by atoms with E-state index in [0.717, 1.165) is 25.9 Å². The number of carbonyl (C=O) groups is 1. The summed E-state index contributed by atoms with van der Waals surface area (Å²) in [5, 5.41) is 13.4. The van der Waals surface area contributed by atoms with Gasteiger partial charge >= 0.3 is 5.97 Å². The molecule has 4 atom stereocenters. The highest BCUT2D eigenvalue weighted by Crippen LogP contribution is 2.42. The van der Waals surface area contributed by atoms with Crippen LogP contribution >= 0.6 is 0 Å². The van der Waals surface area contributed by atoms with Crippen LogP contribution in [0.2, 0.25) is 0 Å². The molecular weight excluding hydrogens is 260 g/mol. The number of carboxylic acids is 1. The Morgan fingerprint density at radius 1 is 1.40 bits per heavy atom. The fourth-order valence-corrected chi connectivity index (χ4v) is 3.35. The minimum atomic E-state index is -0.764. The molecule has 1 aliphatic heterocycles. The summed E-state index contributed by atoms with van der Waals surface area (Å²) in [4.78, 5) is 15.8. The standard InChI is InChI=1S/C14H20N2O4/c1-8-5-10(11(6-8)14(17)18)13-15-12(16-20-13)9-3-2-4-19-7-9/h8-11H,2-7H2,1H3,(H,17,18). The van der Waals surface area contributed by atoms with Crippen molar-refractivity contribution in [2.45, 2.75) is 44.4 Å². The molecule has 3 rings (SSSR count). The van der Waals surface area contributed by atoms with Crippen LogP contribution in [0, 0.1) is 11.8 Å². The van der Waals surface area contributed by atoms with Crippen LogP contribution < -0.4 is 0 Å². The first-order valence-electron chi connectivity index (χ1n) is 7.29. The van der Waals surface area contributed by atoms with Gasteiger partial charge in [-0.15, -0.1) is 0 Å². The van der Waals surface area contributed by atoms with E-state index in [1.165, 1.54) is 0 Å². The second-order valence-electron chi connectivity index (χ2n) is 6.03. The zero-order valence-corrected chi connectivity index (χ0v) is 11.6. The third-order valence-electron chi connectivity index (χ3n) is 4.42. The van der Waals surface area contributed by atoms with Crippen LogP contribution in [0.1, 0.15) is 56.2 Å². The molecule has 2 aliphatic rings. The number of rotatable bonds is 3. The molecule has 6 nitrogen and oxygen atoms in total. The normalized spacial score (nSPS) is 34.2. The molecule has 0 bridgehead atoms. The van der Waals surface area contributed by atoms with Gasteiger partial charge in [0.1, 0.15) is 0 Å². The first kappa shape index (κ1) is 13.5. The Balaban J connectivity index is 1.77. The monoisotopic (exact) mass is 280 g/mol. The summed E-state index contributed by atoms with van der Waals surface area (Å²) in [5.41, 5.74) is 0. The molecule has 0 spiro atoms. The summed E-state index contributed by atoms with van der Waals surface area (Å²) < 4.78 is 10.8. The van der Waals surface area contributed by atoms with Crippen LogP contribution in [-0.4, -0.2) is 34.4 Å². The Kier molecular flexibility index (Phi) is 3.74. The molecule has 4 unspecified atom stereocenters. The molecule has 20 heavy (non-hydrogen) atoms. The molecule has 1 aromatic rings. The van der Waals surface area contributed by atoms with Crippen LogP contribution in [0.4, 0.5) is 0 Å². The van der Waals surface area contributed by atoms with Crippen molar-refractivity contribution in [2.24, 2.45) is 11.8 Å². The Morgan fingerprint density at radius 3 is 2.95 bits per heavy atom. The third-order valence-corrected chi connectivity index (χ3v) is 4.42. The lowest BCUT2D eigenvalue weighted by atomic mass is 9.96. The average Bonchev–Trinajstić information content (AvgIpc) is 3.06. The quantitative estimate of drug-likeness (QED) is 0.913. The highest BCUT2D eigenvalue weighted by Gasteiger charge is 2.41. The molecule has 1 N–H and O–H groups in total. The van der Waals surface area contributed by atoms with Crippen LogP contribution in [0.25, 0.3) is 0 Å². The molecule has 1 saturated carbocycles. The summed E-state index contributed by atoms with van der Waals surface area (Å²) in [6.45, 7) is 3.49. The van der Waals surface area contributed by atoms with Crippen molar-refractivity contribution in [2.75, 3.05) is 13.2 Å². The summed E-state index contributed by atoms with van der Waals surface area (Å²) >= 11 is 0. The van der Waals surface area contributed by atoms with Crippen LogP contribution in [-0.2, 0) is 9.53 Å². The van der Waals surface area contributed by atoms with Gasteiger partial charge < -0.3 is 14.4 Å².